The van der Waals surface area contributed by atoms with E-state index in [1.165, 1.54) is 17.0 Å². The van der Waals surface area contributed by atoms with Crippen molar-refractivity contribution in [3.8, 4) is 0 Å². The number of hydrogen-bond acceptors (Lipinski definition) is 5. The summed E-state index contributed by atoms with van der Waals surface area (Å²) in [7, 11) is 0. The minimum Gasteiger partial charge on any atom is -0.462 e. The van der Waals surface area contributed by atoms with Crippen molar-refractivity contribution in [3.05, 3.63) is 35.5 Å². The predicted molar refractivity (Wildman–Crippen MR) is 97.6 cm³/mol. The molecule has 28 heavy (non-hydrogen) atoms. The average Bonchev–Trinajstić information content (AvgIpc) is 2.67. The molecule has 152 valence electrons. The fourth-order valence-electron chi connectivity index (χ4n) is 3.28. The Morgan fingerprint density at radius 1 is 1.32 bits per heavy atom. The van der Waals surface area contributed by atoms with Crippen LogP contribution in [0.25, 0.3) is 10.9 Å². The van der Waals surface area contributed by atoms with Crippen LogP contribution in [-0.4, -0.2) is 57.0 Å². The van der Waals surface area contributed by atoms with E-state index in [2.05, 4.69) is 10.3 Å². The van der Waals surface area contributed by atoms with Gasteiger partial charge in [0.15, 0.2) is 0 Å². The van der Waals surface area contributed by atoms with Crippen LogP contribution in [0, 0.1) is 0 Å². The van der Waals surface area contributed by atoms with Gasteiger partial charge in [0, 0.05) is 11.6 Å². The van der Waals surface area contributed by atoms with Gasteiger partial charge in [0.25, 0.3) is 0 Å². The number of hydrogen-bond donors (Lipinski definition) is 2. The molecule has 0 saturated carbocycles. The fourth-order valence-corrected chi connectivity index (χ4v) is 3.28. The van der Waals surface area contributed by atoms with E-state index < -0.39 is 17.7 Å². The molecule has 1 aromatic heterocycles. The molecule has 1 fully saturated rings. The molecule has 0 unspecified atom stereocenters. The number of nitrogens with zero attached hydrogens (tertiary/aromatic N) is 1. The standard InChI is InChI=1S/C19H22F3N3O3/c1-2-28-18(26)14-12-24-17-13(4-3-5-15(17)19(20,21)22)16(14)23-6-7-25-8-10-27-11-9-25/h3-5,12H,2,6-11H2,1H3,(H,23,24)/p+1. The van der Waals surface area contributed by atoms with Gasteiger partial charge in [-0.2, -0.15) is 13.2 Å². The maximum atomic E-state index is 13.4. The van der Waals surface area contributed by atoms with Gasteiger partial charge in [-0.25, -0.2) is 4.79 Å². The molecule has 0 amide bonds. The van der Waals surface area contributed by atoms with Gasteiger partial charge in [0.1, 0.15) is 18.7 Å². The zero-order chi connectivity index (χ0) is 20.1. The van der Waals surface area contributed by atoms with E-state index >= 15 is 0 Å². The van der Waals surface area contributed by atoms with Crippen LogP contribution in [0.15, 0.2) is 24.4 Å². The van der Waals surface area contributed by atoms with E-state index in [1.807, 2.05) is 0 Å². The van der Waals surface area contributed by atoms with E-state index in [0.29, 0.717) is 25.4 Å². The lowest BCUT2D eigenvalue weighted by molar-refractivity contribution is -0.906. The minimum absolute atomic E-state index is 0.130. The Labute approximate surface area is 160 Å². The summed E-state index contributed by atoms with van der Waals surface area (Å²) in [5.74, 6) is -0.615. The number of quaternary nitrogens is 1. The van der Waals surface area contributed by atoms with Crippen molar-refractivity contribution in [2.45, 2.75) is 13.1 Å². The Morgan fingerprint density at radius 2 is 2.07 bits per heavy atom. The summed E-state index contributed by atoms with van der Waals surface area (Å²) in [4.78, 5) is 17.6. The number of pyridine rings is 1. The second-order valence-corrected chi connectivity index (χ2v) is 6.51. The molecule has 0 aliphatic carbocycles. The highest BCUT2D eigenvalue weighted by atomic mass is 19.4. The largest absolute Gasteiger partial charge is 0.462 e. The number of anilines is 1. The van der Waals surface area contributed by atoms with Gasteiger partial charge in [0.2, 0.25) is 0 Å². The van der Waals surface area contributed by atoms with Crippen molar-refractivity contribution < 1.29 is 32.3 Å². The number of ether oxygens (including phenoxy) is 2. The predicted octanol–water partition coefficient (Wildman–Crippen LogP) is 1.76. The van der Waals surface area contributed by atoms with Crippen molar-refractivity contribution in [1.82, 2.24) is 4.98 Å². The topological polar surface area (TPSA) is 64.9 Å². The first kappa shape index (κ1) is 20.3. The van der Waals surface area contributed by atoms with Crippen molar-refractivity contribution in [2.75, 3.05) is 51.3 Å². The molecular weight excluding hydrogens is 375 g/mol. The zero-order valence-corrected chi connectivity index (χ0v) is 15.6. The number of benzene rings is 1. The molecule has 1 aliphatic heterocycles. The third-order valence-corrected chi connectivity index (χ3v) is 4.68. The summed E-state index contributed by atoms with van der Waals surface area (Å²) in [6, 6.07) is 3.84. The summed E-state index contributed by atoms with van der Waals surface area (Å²) >= 11 is 0. The molecule has 1 saturated heterocycles. The molecule has 0 radical (unpaired) electrons. The highest BCUT2D eigenvalue weighted by molar-refractivity contribution is 6.05. The second-order valence-electron chi connectivity index (χ2n) is 6.51. The lowest BCUT2D eigenvalue weighted by atomic mass is 10.0. The van der Waals surface area contributed by atoms with Crippen LogP contribution in [0.4, 0.5) is 18.9 Å². The van der Waals surface area contributed by atoms with Crippen molar-refractivity contribution >= 4 is 22.6 Å². The van der Waals surface area contributed by atoms with E-state index in [9.17, 15) is 18.0 Å². The van der Waals surface area contributed by atoms with Gasteiger partial charge in [0.05, 0.1) is 49.7 Å². The number of halogens is 3. The Kier molecular flexibility index (Phi) is 6.35. The summed E-state index contributed by atoms with van der Waals surface area (Å²) in [6.07, 6.45) is -3.38. The summed E-state index contributed by atoms with van der Waals surface area (Å²) < 4.78 is 50.4. The maximum Gasteiger partial charge on any atom is 0.418 e. The van der Waals surface area contributed by atoms with E-state index in [4.69, 9.17) is 9.47 Å². The average molecular weight is 398 g/mol. The molecule has 2 heterocycles. The number of nitrogens with one attached hydrogen (secondary N) is 2. The van der Waals surface area contributed by atoms with E-state index in [0.717, 1.165) is 31.9 Å². The number of para-hydroxylation sites is 1. The summed E-state index contributed by atoms with van der Waals surface area (Å²) in [6.45, 7) is 6.22. The molecule has 0 atom stereocenters. The molecule has 0 spiro atoms. The Balaban J connectivity index is 1.95. The first-order valence-electron chi connectivity index (χ1n) is 9.23. The van der Waals surface area contributed by atoms with Crippen LogP contribution in [-0.2, 0) is 15.7 Å². The number of fused-ring (bicyclic) bond motifs is 1. The number of alkyl halides is 3. The molecule has 0 bridgehead atoms. The van der Waals surface area contributed by atoms with Gasteiger partial charge in [-0.3, -0.25) is 4.98 Å². The molecular formula is C19H23F3N3O3+. The molecule has 1 aliphatic rings. The normalized spacial score (nSPS) is 15.6. The van der Waals surface area contributed by atoms with E-state index in [1.54, 1.807) is 6.92 Å². The third kappa shape index (κ3) is 4.53. The van der Waals surface area contributed by atoms with Crippen LogP contribution in [0.3, 0.4) is 0 Å². The third-order valence-electron chi connectivity index (χ3n) is 4.68. The number of esters is 1. The van der Waals surface area contributed by atoms with Crippen LogP contribution < -0.4 is 10.2 Å². The maximum absolute atomic E-state index is 13.4. The molecule has 6 nitrogen and oxygen atoms in total. The molecule has 1 aromatic carbocycles. The molecule has 9 heteroatoms. The van der Waals surface area contributed by atoms with Gasteiger partial charge >= 0.3 is 12.1 Å². The molecule has 3 rings (SSSR count). The first-order chi connectivity index (χ1) is 13.4. The van der Waals surface area contributed by atoms with Gasteiger partial charge in [-0.1, -0.05) is 12.1 Å². The number of rotatable bonds is 6. The van der Waals surface area contributed by atoms with E-state index in [-0.39, 0.29) is 23.1 Å². The smallest absolute Gasteiger partial charge is 0.418 e. The zero-order valence-electron chi connectivity index (χ0n) is 15.6. The number of carbonyl (C=O) groups is 1. The van der Waals surface area contributed by atoms with Crippen LogP contribution >= 0.6 is 0 Å². The molecule has 2 N–H and O–H groups in total. The lowest BCUT2D eigenvalue weighted by Crippen LogP contribution is -3.14. The highest BCUT2D eigenvalue weighted by Crippen LogP contribution is 2.36. The van der Waals surface area contributed by atoms with Crippen molar-refractivity contribution in [3.63, 3.8) is 0 Å². The number of carbonyl (C=O) groups excluding carboxylic acids is 1. The van der Waals surface area contributed by atoms with Gasteiger partial charge in [-0.05, 0) is 13.0 Å². The van der Waals surface area contributed by atoms with Crippen molar-refractivity contribution in [2.24, 2.45) is 0 Å². The van der Waals surface area contributed by atoms with Crippen molar-refractivity contribution in [1.29, 1.82) is 0 Å². The summed E-state index contributed by atoms with van der Waals surface area (Å²) in [5, 5.41) is 3.40. The Hall–Kier alpha value is -2.39. The quantitative estimate of drug-likeness (QED) is 0.726. The number of morpholine rings is 1. The molecule has 2 aromatic rings. The lowest BCUT2D eigenvalue weighted by Gasteiger charge is -2.24. The monoisotopic (exact) mass is 398 g/mol. The van der Waals surface area contributed by atoms with Gasteiger partial charge < -0.3 is 19.7 Å². The summed E-state index contributed by atoms with van der Waals surface area (Å²) in [5.41, 5.74) is -0.570. The minimum atomic E-state index is -4.53. The highest BCUT2D eigenvalue weighted by Gasteiger charge is 2.34. The Bertz CT molecular complexity index is 836. The van der Waals surface area contributed by atoms with Crippen LogP contribution in [0.2, 0.25) is 0 Å². The Morgan fingerprint density at radius 3 is 2.75 bits per heavy atom. The second kappa shape index (κ2) is 8.74. The first-order valence-corrected chi connectivity index (χ1v) is 9.23. The number of aromatic nitrogens is 1. The SMILES string of the molecule is CCOC(=O)c1cnc2c(C(F)(F)F)cccc2c1NCC[NH+]1CCOCC1. The fraction of sp³-hybridized carbons (Fsp3) is 0.474. The van der Waals surface area contributed by atoms with Gasteiger partial charge in [-0.15, -0.1) is 0 Å². The van der Waals surface area contributed by atoms with Crippen LogP contribution in [0.5, 0.6) is 0 Å². The van der Waals surface area contributed by atoms with Crippen LogP contribution in [0.1, 0.15) is 22.8 Å².